The van der Waals surface area contributed by atoms with Gasteiger partial charge in [0.05, 0.1) is 68.3 Å². The average Bonchev–Trinajstić information content (AvgIpc) is 4.15. The molecule has 0 radical (unpaired) electrons. The van der Waals surface area contributed by atoms with Crippen molar-refractivity contribution in [1.82, 2.24) is 29.9 Å². The lowest BCUT2D eigenvalue weighted by atomic mass is 10.3. The molecule has 0 N–H and O–H groups in total. The summed E-state index contributed by atoms with van der Waals surface area (Å²) < 4.78 is 41.8. The number of pyridine rings is 3. The largest absolute Gasteiger partial charge is 0.497 e. The molecule has 12 nitrogen and oxygen atoms in total. The van der Waals surface area contributed by atoms with Gasteiger partial charge < -0.3 is 19.1 Å². The van der Waals surface area contributed by atoms with Gasteiger partial charge in [0.15, 0.2) is 9.84 Å². The van der Waals surface area contributed by atoms with Crippen LogP contribution in [0.25, 0.3) is 62.6 Å². The van der Waals surface area contributed by atoms with Gasteiger partial charge in [-0.1, -0.05) is 0 Å². The molecule has 316 valence electrons. The van der Waals surface area contributed by atoms with Crippen LogP contribution >= 0.6 is 45.8 Å². The SMILES string of the molecule is COc1ccc2nc(-c3ccc(N4CCCC4)nc3)sc2c1.COc1ccc2nc(-c3ccc(S(C)(=O)=O)cn3)sc2c1.COc1ccc2nc(-c3ccc(SC)cn3)sc2c1. The molecule has 1 aliphatic rings. The van der Waals surface area contributed by atoms with E-state index in [-0.39, 0.29) is 4.90 Å². The molecular weight excluding hydrogens is 879 g/mol. The first-order valence-electron chi connectivity index (χ1n) is 19.3. The van der Waals surface area contributed by atoms with Crippen LogP contribution in [0.15, 0.2) is 119 Å². The Balaban J connectivity index is 0.000000128. The zero-order chi connectivity index (χ0) is 43.2. The maximum absolute atomic E-state index is 11.4. The van der Waals surface area contributed by atoms with Gasteiger partial charge in [0, 0.05) is 48.4 Å². The molecule has 1 aliphatic heterocycles. The van der Waals surface area contributed by atoms with Gasteiger partial charge in [0.2, 0.25) is 0 Å². The molecule has 17 heteroatoms. The highest BCUT2D eigenvalue weighted by Crippen LogP contribution is 2.35. The standard InChI is InChI=1S/C17H17N3OS.C14H12N2O3S2.C14H12N2OS2/c1-21-13-5-6-14-15(10-13)22-17(19-14)12-4-7-16(18-11-12)20-8-2-3-9-20;1-19-9-3-5-11-13(7-9)20-14(16-11)12-6-4-10(8-15-12)21(2,17)18;1-17-9-3-5-11-13(7-9)19-14(16-11)12-6-4-10(18-2)8-15-12/h4-7,10-11H,2-3,8-9H2,1H3;3-8H,1-2H3;3-8H,1-2H3. The van der Waals surface area contributed by atoms with E-state index in [0.29, 0.717) is 5.69 Å². The number of aromatic nitrogens is 6. The van der Waals surface area contributed by atoms with Crippen molar-refractivity contribution in [2.45, 2.75) is 22.6 Å². The number of rotatable bonds is 9. The summed E-state index contributed by atoms with van der Waals surface area (Å²) in [5.74, 6) is 3.57. The van der Waals surface area contributed by atoms with Crippen LogP contribution in [-0.2, 0) is 9.84 Å². The van der Waals surface area contributed by atoms with Crippen LogP contribution in [0.4, 0.5) is 5.82 Å². The second-order valence-corrected chi connectivity index (χ2v) is 19.9. The van der Waals surface area contributed by atoms with E-state index in [4.69, 9.17) is 19.2 Å². The lowest BCUT2D eigenvalue weighted by Gasteiger charge is -2.15. The first-order chi connectivity index (χ1) is 30.1. The molecule has 7 heterocycles. The number of ether oxygens (including phenoxy) is 3. The minimum atomic E-state index is -3.23. The third-order valence-electron chi connectivity index (χ3n) is 9.79. The van der Waals surface area contributed by atoms with E-state index in [0.717, 1.165) is 104 Å². The summed E-state index contributed by atoms with van der Waals surface area (Å²) >= 11 is 6.48. The number of fused-ring (bicyclic) bond motifs is 3. The number of hydrogen-bond donors (Lipinski definition) is 0. The zero-order valence-corrected chi connectivity index (χ0v) is 38.5. The van der Waals surface area contributed by atoms with Crippen LogP contribution in [0.5, 0.6) is 17.2 Å². The van der Waals surface area contributed by atoms with Crippen LogP contribution < -0.4 is 19.1 Å². The van der Waals surface area contributed by atoms with Crippen molar-refractivity contribution < 1.29 is 22.6 Å². The van der Waals surface area contributed by atoms with Crippen LogP contribution in [0.2, 0.25) is 0 Å². The van der Waals surface area contributed by atoms with Gasteiger partial charge in [-0.25, -0.2) is 28.4 Å². The third kappa shape index (κ3) is 9.98. The molecule has 0 amide bonds. The molecule has 0 aliphatic carbocycles. The van der Waals surface area contributed by atoms with Gasteiger partial charge in [-0.2, -0.15) is 0 Å². The van der Waals surface area contributed by atoms with E-state index in [1.165, 1.54) is 30.4 Å². The van der Waals surface area contributed by atoms with Crippen molar-refractivity contribution in [3.63, 3.8) is 0 Å². The van der Waals surface area contributed by atoms with E-state index >= 15 is 0 Å². The van der Waals surface area contributed by atoms with Gasteiger partial charge in [0.25, 0.3) is 0 Å². The van der Waals surface area contributed by atoms with E-state index in [2.05, 4.69) is 48.0 Å². The molecule has 10 rings (SSSR count). The number of anilines is 1. The van der Waals surface area contributed by atoms with E-state index in [9.17, 15) is 8.42 Å². The molecule has 0 saturated carbocycles. The molecule has 6 aromatic heterocycles. The quantitative estimate of drug-likeness (QED) is 0.127. The lowest BCUT2D eigenvalue weighted by Crippen LogP contribution is -2.18. The molecule has 62 heavy (non-hydrogen) atoms. The topological polar surface area (TPSA) is 142 Å². The highest BCUT2D eigenvalue weighted by Gasteiger charge is 2.15. The summed E-state index contributed by atoms with van der Waals surface area (Å²) in [5, 5.41) is 2.69. The number of nitrogens with zero attached hydrogens (tertiary/aromatic N) is 7. The summed E-state index contributed by atoms with van der Waals surface area (Å²) in [7, 11) is 1.75. The van der Waals surface area contributed by atoms with Crippen LogP contribution in [-0.4, -0.2) is 85.3 Å². The number of methoxy groups -OCH3 is 3. The fourth-order valence-electron chi connectivity index (χ4n) is 6.44. The fourth-order valence-corrected chi connectivity index (χ4v) is 10.3. The van der Waals surface area contributed by atoms with Gasteiger partial charge in [-0.05, 0) is 110 Å². The van der Waals surface area contributed by atoms with Crippen molar-refractivity contribution in [3.05, 3.63) is 110 Å². The molecule has 0 unspecified atom stereocenters. The fraction of sp³-hybridized carbons (Fsp3) is 0.200. The number of sulfone groups is 1. The van der Waals surface area contributed by atoms with E-state index in [1.807, 2.05) is 79.3 Å². The van der Waals surface area contributed by atoms with Crippen molar-refractivity contribution in [2.75, 3.05) is 51.8 Å². The predicted molar refractivity (Wildman–Crippen MR) is 255 cm³/mol. The Morgan fingerprint density at radius 2 is 1.08 bits per heavy atom. The first kappa shape index (κ1) is 42.9. The summed E-state index contributed by atoms with van der Waals surface area (Å²) in [4.78, 5) is 30.8. The maximum Gasteiger partial charge on any atom is 0.177 e. The van der Waals surface area contributed by atoms with Crippen molar-refractivity contribution >= 4 is 92.1 Å². The minimum absolute atomic E-state index is 0.203. The smallest absolute Gasteiger partial charge is 0.177 e. The summed E-state index contributed by atoms with van der Waals surface area (Å²) in [5.41, 5.74) is 5.49. The van der Waals surface area contributed by atoms with Gasteiger partial charge in [-0.3, -0.25) is 9.97 Å². The average molecular weight is 920 g/mol. The second-order valence-electron chi connectivity index (χ2n) is 13.9. The predicted octanol–water partition coefficient (Wildman–Crippen LogP) is 10.8. The molecule has 0 spiro atoms. The summed E-state index contributed by atoms with van der Waals surface area (Å²) in [6.07, 6.45) is 10.9. The maximum atomic E-state index is 11.4. The zero-order valence-electron chi connectivity index (χ0n) is 34.4. The summed E-state index contributed by atoms with van der Waals surface area (Å²) in [6, 6.07) is 29.1. The Hall–Kier alpha value is -5.72. The number of thiazole rings is 3. The molecule has 1 fully saturated rings. The van der Waals surface area contributed by atoms with E-state index < -0.39 is 9.84 Å². The van der Waals surface area contributed by atoms with Gasteiger partial charge in [0.1, 0.15) is 38.1 Å². The van der Waals surface area contributed by atoms with Crippen molar-refractivity contribution in [2.24, 2.45) is 0 Å². The molecule has 3 aromatic carbocycles. The Morgan fingerprint density at radius 3 is 1.50 bits per heavy atom. The normalized spacial score (nSPS) is 12.5. The molecule has 0 bridgehead atoms. The first-order valence-corrected chi connectivity index (χ1v) is 24.9. The monoisotopic (exact) mass is 919 g/mol. The molecule has 1 saturated heterocycles. The Labute approximate surface area is 375 Å². The lowest BCUT2D eigenvalue weighted by molar-refractivity contribution is 0.415. The summed E-state index contributed by atoms with van der Waals surface area (Å²) in [6.45, 7) is 2.24. The molecule has 9 aromatic rings. The van der Waals surface area contributed by atoms with Crippen molar-refractivity contribution in [1.29, 1.82) is 0 Å². The van der Waals surface area contributed by atoms with Crippen LogP contribution in [0.1, 0.15) is 12.8 Å². The highest BCUT2D eigenvalue weighted by atomic mass is 32.2. The second kappa shape index (κ2) is 19.1. The minimum Gasteiger partial charge on any atom is -0.497 e. The van der Waals surface area contributed by atoms with Crippen LogP contribution in [0.3, 0.4) is 0 Å². The van der Waals surface area contributed by atoms with Gasteiger partial charge >= 0.3 is 0 Å². The Morgan fingerprint density at radius 1 is 0.581 bits per heavy atom. The van der Waals surface area contributed by atoms with E-state index in [1.54, 1.807) is 67.9 Å². The van der Waals surface area contributed by atoms with Gasteiger partial charge in [-0.15, -0.1) is 45.8 Å². The molecular formula is C45H41N7O5S5. The Kier molecular flexibility index (Phi) is 13.2. The highest BCUT2D eigenvalue weighted by molar-refractivity contribution is 7.98. The Bertz CT molecular complexity index is 3060. The van der Waals surface area contributed by atoms with Crippen molar-refractivity contribution in [3.8, 4) is 49.2 Å². The number of hydrogen-bond acceptors (Lipinski definition) is 16. The van der Waals surface area contributed by atoms with Crippen LogP contribution in [0, 0.1) is 0 Å². The number of benzene rings is 3. The molecule has 0 atom stereocenters. The number of thioether (sulfide) groups is 1. The third-order valence-corrected chi connectivity index (χ3v) is 14.7.